The Balaban J connectivity index is 2.75. The Morgan fingerprint density at radius 3 is 2.75 bits per heavy atom. The second-order valence-corrected chi connectivity index (χ2v) is 3.49. The summed E-state index contributed by atoms with van der Waals surface area (Å²) in [6.07, 6.45) is 3.67. The summed E-state index contributed by atoms with van der Waals surface area (Å²) in [5.74, 6) is -0.339. The Hall–Kier alpha value is -0.610. The lowest BCUT2D eigenvalue weighted by molar-refractivity contribution is -0.482. The van der Waals surface area contributed by atoms with E-state index >= 15 is 0 Å². The van der Waals surface area contributed by atoms with Crippen molar-refractivity contribution in [3.8, 4) is 0 Å². The topological polar surface area (TPSA) is 80.0 Å². The maximum Gasteiger partial charge on any atom is 0.281 e. The summed E-state index contributed by atoms with van der Waals surface area (Å²) < 4.78 is 5.20. The van der Waals surface area contributed by atoms with Gasteiger partial charge < -0.3 is 16.2 Å². The van der Waals surface area contributed by atoms with Crippen molar-refractivity contribution in [1.82, 2.24) is 0 Å². The van der Waals surface area contributed by atoms with E-state index in [-0.39, 0.29) is 12.0 Å². The van der Waals surface area contributed by atoms with E-state index in [2.05, 4.69) is 5.73 Å². The number of ether oxygens (including phenoxy) is 1. The van der Waals surface area contributed by atoms with Crippen LogP contribution in [-0.4, -0.2) is 24.7 Å². The summed E-state index contributed by atoms with van der Waals surface area (Å²) in [5, 5.41) is 0. The molecule has 4 nitrogen and oxygen atoms in total. The van der Waals surface area contributed by atoms with Crippen molar-refractivity contribution in [1.29, 1.82) is 0 Å². The maximum absolute atomic E-state index is 11.1. The monoisotopic (exact) mass is 173 g/mol. The molecule has 0 spiro atoms. The molecule has 1 amide bonds. The number of carbonyl (C=O) groups excluding carboxylic acids is 1. The molecule has 0 heterocycles. The molecule has 0 radical (unpaired) electrons. The number of hydrogen-bond donors (Lipinski definition) is 2. The minimum atomic E-state index is -0.688. The molecule has 70 valence electrons. The van der Waals surface area contributed by atoms with Gasteiger partial charge in [0.1, 0.15) is 6.10 Å². The summed E-state index contributed by atoms with van der Waals surface area (Å²) in [7, 11) is 1.61. The molecule has 12 heavy (non-hydrogen) atoms. The molecule has 1 aliphatic carbocycles. The van der Waals surface area contributed by atoms with Crippen LogP contribution >= 0.6 is 0 Å². The number of quaternary nitrogens is 1. The highest BCUT2D eigenvalue weighted by Crippen LogP contribution is 2.26. The average Bonchev–Trinajstić information content (AvgIpc) is 2.05. The molecule has 0 aromatic heterocycles. The lowest BCUT2D eigenvalue weighted by Crippen LogP contribution is -2.83. The molecule has 0 unspecified atom stereocenters. The van der Waals surface area contributed by atoms with E-state index in [1.165, 1.54) is 0 Å². The van der Waals surface area contributed by atoms with E-state index in [4.69, 9.17) is 10.5 Å². The van der Waals surface area contributed by atoms with Crippen molar-refractivity contribution < 1.29 is 15.3 Å². The largest absolute Gasteiger partial charge is 0.374 e. The van der Waals surface area contributed by atoms with Crippen LogP contribution < -0.4 is 11.5 Å². The molecule has 1 saturated carbocycles. The number of methoxy groups -OCH3 is 1. The Morgan fingerprint density at radius 1 is 1.67 bits per heavy atom. The Kier molecular flexibility index (Phi) is 2.69. The molecule has 1 fully saturated rings. The molecule has 5 N–H and O–H groups in total. The van der Waals surface area contributed by atoms with Gasteiger partial charge >= 0.3 is 0 Å². The highest BCUT2D eigenvalue weighted by molar-refractivity contribution is 5.83. The number of rotatable bonds is 2. The van der Waals surface area contributed by atoms with Gasteiger partial charge in [-0.1, -0.05) is 6.42 Å². The van der Waals surface area contributed by atoms with Crippen molar-refractivity contribution in [2.45, 2.75) is 37.3 Å². The predicted octanol–water partition coefficient (Wildman–Crippen LogP) is -0.959. The van der Waals surface area contributed by atoms with Crippen LogP contribution in [0.5, 0.6) is 0 Å². The van der Waals surface area contributed by atoms with Crippen molar-refractivity contribution in [3.05, 3.63) is 0 Å². The van der Waals surface area contributed by atoms with Gasteiger partial charge in [0, 0.05) is 13.5 Å². The summed E-state index contributed by atoms with van der Waals surface area (Å²) >= 11 is 0. The highest BCUT2D eigenvalue weighted by Gasteiger charge is 2.46. The van der Waals surface area contributed by atoms with Gasteiger partial charge in [0.15, 0.2) is 5.54 Å². The van der Waals surface area contributed by atoms with E-state index in [0.717, 1.165) is 25.7 Å². The molecule has 0 aliphatic heterocycles. The Labute approximate surface area is 72.2 Å². The first-order chi connectivity index (χ1) is 5.61. The number of carbonyl (C=O) groups is 1. The molecule has 0 bridgehead atoms. The second kappa shape index (κ2) is 3.41. The summed E-state index contributed by atoms with van der Waals surface area (Å²) in [6.45, 7) is 0. The van der Waals surface area contributed by atoms with E-state index in [1.807, 2.05) is 0 Å². The van der Waals surface area contributed by atoms with Crippen LogP contribution in [0.2, 0.25) is 0 Å². The number of amides is 1. The molecule has 2 atom stereocenters. The molecular weight excluding hydrogens is 156 g/mol. The zero-order valence-electron chi connectivity index (χ0n) is 7.51. The smallest absolute Gasteiger partial charge is 0.281 e. The van der Waals surface area contributed by atoms with Gasteiger partial charge in [-0.05, 0) is 12.8 Å². The van der Waals surface area contributed by atoms with Crippen LogP contribution in [0.15, 0.2) is 0 Å². The van der Waals surface area contributed by atoms with Crippen LogP contribution in [0.25, 0.3) is 0 Å². The molecule has 0 aromatic rings. The number of nitrogens with two attached hydrogens (primary N) is 1. The van der Waals surface area contributed by atoms with Gasteiger partial charge in [-0.3, -0.25) is 4.79 Å². The summed E-state index contributed by atoms with van der Waals surface area (Å²) in [5.41, 5.74) is 8.48. The fourth-order valence-electron chi connectivity index (χ4n) is 1.83. The van der Waals surface area contributed by atoms with Crippen LogP contribution in [-0.2, 0) is 9.53 Å². The quantitative estimate of drug-likeness (QED) is 0.564. The van der Waals surface area contributed by atoms with E-state index in [0.29, 0.717) is 0 Å². The van der Waals surface area contributed by atoms with Gasteiger partial charge in [0.2, 0.25) is 0 Å². The van der Waals surface area contributed by atoms with Crippen molar-refractivity contribution in [2.75, 3.05) is 7.11 Å². The lowest BCUT2D eigenvalue weighted by atomic mass is 9.79. The zero-order valence-corrected chi connectivity index (χ0v) is 7.51. The molecule has 1 rings (SSSR count). The van der Waals surface area contributed by atoms with Crippen LogP contribution in [0.3, 0.4) is 0 Å². The van der Waals surface area contributed by atoms with Crippen molar-refractivity contribution in [2.24, 2.45) is 5.73 Å². The van der Waals surface area contributed by atoms with Crippen LogP contribution in [0.1, 0.15) is 25.7 Å². The van der Waals surface area contributed by atoms with Gasteiger partial charge in [-0.15, -0.1) is 0 Å². The van der Waals surface area contributed by atoms with Crippen molar-refractivity contribution >= 4 is 5.91 Å². The van der Waals surface area contributed by atoms with Crippen LogP contribution in [0, 0.1) is 0 Å². The minimum absolute atomic E-state index is 0.0938. The lowest BCUT2D eigenvalue weighted by Gasteiger charge is -2.33. The average molecular weight is 173 g/mol. The van der Waals surface area contributed by atoms with E-state index in [1.54, 1.807) is 7.11 Å². The second-order valence-electron chi connectivity index (χ2n) is 3.49. The van der Waals surface area contributed by atoms with Gasteiger partial charge in [0.25, 0.3) is 5.91 Å². The summed E-state index contributed by atoms with van der Waals surface area (Å²) in [6, 6.07) is 0. The normalized spacial score (nSPS) is 36.3. The highest BCUT2D eigenvalue weighted by atomic mass is 16.5. The number of hydrogen-bond acceptors (Lipinski definition) is 2. The molecular formula is C8H17N2O2+. The van der Waals surface area contributed by atoms with Gasteiger partial charge in [-0.25, -0.2) is 0 Å². The van der Waals surface area contributed by atoms with Gasteiger partial charge in [0.05, 0.1) is 0 Å². The first-order valence-electron chi connectivity index (χ1n) is 4.29. The third-order valence-electron chi connectivity index (χ3n) is 2.73. The third kappa shape index (κ3) is 1.44. The molecule has 0 saturated heterocycles. The summed E-state index contributed by atoms with van der Waals surface area (Å²) in [4.78, 5) is 11.1. The SMILES string of the molecule is CO[C@H]1CCCC[C@@]1([NH3+])C(N)=O. The molecule has 4 heteroatoms. The van der Waals surface area contributed by atoms with E-state index in [9.17, 15) is 4.79 Å². The minimum Gasteiger partial charge on any atom is -0.374 e. The third-order valence-corrected chi connectivity index (χ3v) is 2.73. The first-order valence-corrected chi connectivity index (χ1v) is 4.29. The predicted molar refractivity (Wildman–Crippen MR) is 44.1 cm³/mol. The first kappa shape index (κ1) is 9.48. The molecule has 0 aromatic carbocycles. The maximum atomic E-state index is 11.1. The van der Waals surface area contributed by atoms with Gasteiger partial charge in [-0.2, -0.15) is 0 Å². The van der Waals surface area contributed by atoms with Crippen LogP contribution in [0.4, 0.5) is 0 Å². The Bertz CT molecular complexity index is 184. The standard InChI is InChI=1S/C8H16N2O2/c1-12-6-4-2-3-5-8(6,10)7(9)11/h6H,2-5,10H2,1H3,(H2,9,11)/p+1/t6-,8-/m0/s1. The number of primary amides is 1. The fourth-order valence-corrected chi connectivity index (χ4v) is 1.83. The Morgan fingerprint density at radius 2 is 2.33 bits per heavy atom. The fraction of sp³-hybridized carbons (Fsp3) is 0.875. The molecule has 1 aliphatic rings. The van der Waals surface area contributed by atoms with Crippen molar-refractivity contribution in [3.63, 3.8) is 0 Å². The van der Waals surface area contributed by atoms with E-state index < -0.39 is 5.54 Å². The zero-order chi connectivity index (χ0) is 9.19.